The summed E-state index contributed by atoms with van der Waals surface area (Å²) in [5.74, 6) is 0.849. The van der Waals surface area contributed by atoms with E-state index >= 15 is 0 Å². The SMILES string of the molecule is CC.CC.Cc1ccc2c(n1)CCC(C)C2. The van der Waals surface area contributed by atoms with Gasteiger partial charge in [-0.25, -0.2) is 0 Å². The number of hydrogen-bond donors (Lipinski definition) is 0. The zero-order chi connectivity index (χ0) is 12.6. The van der Waals surface area contributed by atoms with E-state index in [4.69, 9.17) is 0 Å². The predicted octanol–water partition coefficient (Wildman–Crippen LogP) is 4.57. The molecule has 0 saturated heterocycles. The first-order valence-corrected chi connectivity index (χ1v) is 6.71. The number of fused-ring (bicyclic) bond motifs is 1. The highest BCUT2D eigenvalue weighted by Gasteiger charge is 2.15. The van der Waals surface area contributed by atoms with Crippen LogP contribution < -0.4 is 0 Å². The monoisotopic (exact) mass is 221 g/mol. The Morgan fingerprint density at radius 3 is 2.38 bits per heavy atom. The molecule has 1 heterocycles. The van der Waals surface area contributed by atoms with Crippen molar-refractivity contribution in [2.45, 2.75) is 60.8 Å². The van der Waals surface area contributed by atoms with Crippen molar-refractivity contribution in [1.29, 1.82) is 0 Å². The van der Waals surface area contributed by atoms with Gasteiger partial charge >= 0.3 is 0 Å². The molecule has 0 saturated carbocycles. The number of nitrogens with zero attached hydrogens (tertiary/aromatic N) is 1. The van der Waals surface area contributed by atoms with Crippen LogP contribution in [0.3, 0.4) is 0 Å². The van der Waals surface area contributed by atoms with Crippen LogP contribution in [0.4, 0.5) is 0 Å². The van der Waals surface area contributed by atoms with Crippen molar-refractivity contribution in [3.05, 3.63) is 29.1 Å². The summed E-state index contributed by atoms with van der Waals surface area (Å²) in [4.78, 5) is 4.55. The number of rotatable bonds is 0. The zero-order valence-electron chi connectivity index (χ0n) is 11.8. The predicted molar refractivity (Wildman–Crippen MR) is 72.9 cm³/mol. The lowest BCUT2D eigenvalue weighted by Crippen LogP contribution is -2.12. The molecule has 1 aromatic rings. The van der Waals surface area contributed by atoms with Gasteiger partial charge in [-0.05, 0) is 43.7 Å². The van der Waals surface area contributed by atoms with Crippen LogP contribution in [0.2, 0.25) is 0 Å². The van der Waals surface area contributed by atoms with E-state index in [1.807, 2.05) is 27.7 Å². The summed E-state index contributed by atoms with van der Waals surface area (Å²) in [6.07, 6.45) is 3.71. The molecule has 1 aliphatic rings. The minimum atomic E-state index is 0.849. The first-order chi connectivity index (χ1) is 7.75. The second-order valence-electron chi connectivity index (χ2n) is 3.91. The van der Waals surface area contributed by atoms with E-state index < -0.39 is 0 Å². The van der Waals surface area contributed by atoms with Gasteiger partial charge in [0.25, 0.3) is 0 Å². The van der Waals surface area contributed by atoms with E-state index in [-0.39, 0.29) is 0 Å². The first kappa shape index (κ1) is 15.2. The Morgan fingerprint density at radius 2 is 1.75 bits per heavy atom. The molecule has 1 nitrogen and oxygen atoms in total. The largest absolute Gasteiger partial charge is 0.258 e. The fraction of sp³-hybridized carbons (Fsp3) is 0.667. The summed E-state index contributed by atoms with van der Waals surface area (Å²) in [6, 6.07) is 4.37. The van der Waals surface area contributed by atoms with Crippen LogP contribution in [0.25, 0.3) is 0 Å². The van der Waals surface area contributed by atoms with Crippen molar-refractivity contribution >= 4 is 0 Å². The summed E-state index contributed by atoms with van der Waals surface area (Å²) in [6.45, 7) is 12.4. The maximum Gasteiger partial charge on any atom is 0.0438 e. The van der Waals surface area contributed by atoms with E-state index in [9.17, 15) is 0 Å². The molecule has 0 aromatic carbocycles. The number of hydrogen-bond acceptors (Lipinski definition) is 1. The molecule has 1 unspecified atom stereocenters. The first-order valence-electron chi connectivity index (χ1n) is 6.71. The fourth-order valence-electron chi connectivity index (χ4n) is 1.90. The van der Waals surface area contributed by atoms with Crippen molar-refractivity contribution < 1.29 is 0 Å². The van der Waals surface area contributed by atoms with E-state index in [2.05, 4.69) is 31.0 Å². The van der Waals surface area contributed by atoms with E-state index in [1.54, 1.807) is 0 Å². The molecule has 0 spiro atoms. The fourth-order valence-corrected chi connectivity index (χ4v) is 1.90. The van der Waals surface area contributed by atoms with Gasteiger partial charge in [0.15, 0.2) is 0 Å². The van der Waals surface area contributed by atoms with Crippen LogP contribution in [-0.2, 0) is 12.8 Å². The molecule has 0 bridgehead atoms. The Morgan fingerprint density at radius 1 is 1.12 bits per heavy atom. The second-order valence-corrected chi connectivity index (χ2v) is 3.91. The van der Waals surface area contributed by atoms with E-state index in [1.165, 1.54) is 30.5 Å². The number of pyridine rings is 1. The summed E-state index contributed by atoms with van der Waals surface area (Å²) in [7, 11) is 0. The summed E-state index contributed by atoms with van der Waals surface area (Å²) < 4.78 is 0. The van der Waals surface area contributed by atoms with E-state index in [0.29, 0.717) is 0 Å². The normalized spacial score (nSPS) is 17.2. The molecule has 1 aromatic heterocycles. The van der Waals surface area contributed by atoms with Crippen LogP contribution >= 0.6 is 0 Å². The van der Waals surface area contributed by atoms with Crippen LogP contribution in [-0.4, -0.2) is 4.98 Å². The topological polar surface area (TPSA) is 12.9 Å². The average Bonchev–Trinajstić information content (AvgIpc) is 2.35. The van der Waals surface area contributed by atoms with Crippen LogP contribution in [0.15, 0.2) is 12.1 Å². The van der Waals surface area contributed by atoms with E-state index in [0.717, 1.165) is 11.6 Å². The molecule has 1 heteroatoms. The molecule has 92 valence electrons. The standard InChI is InChI=1S/C11H15N.2C2H6/c1-8-3-6-11-10(7-8)5-4-9(2)12-11;2*1-2/h4-5,8H,3,6-7H2,1-2H3;2*1-2H3. The molecule has 0 aliphatic heterocycles. The average molecular weight is 221 g/mol. The third-order valence-electron chi connectivity index (χ3n) is 2.65. The third-order valence-corrected chi connectivity index (χ3v) is 2.65. The minimum Gasteiger partial charge on any atom is -0.258 e. The molecular formula is C15H27N. The summed E-state index contributed by atoms with van der Waals surface area (Å²) >= 11 is 0. The third kappa shape index (κ3) is 4.34. The Balaban J connectivity index is 0.000000509. The Hall–Kier alpha value is -0.850. The zero-order valence-corrected chi connectivity index (χ0v) is 11.8. The maximum atomic E-state index is 4.55. The van der Waals surface area contributed by atoms with Crippen LogP contribution in [0, 0.1) is 12.8 Å². The van der Waals surface area contributed by atoms with Gasteiger partial charge in [-0.1, -0.05) is 40.7 Å². The number of aryl methyl sites for hydroxylation is 2. The smallest absolute Gasteiger partial charge is 0.0438 e. The van der Waals surface area contributed by atoms with Gasteiger partial charge in [-0.3, -0.25) is 4.98 Å². The second kappa shape index (κ2) is 8.32. The van der Waals surface area contributed by atoms with Gasteiger partial charge in [0, 0.05) is 11.4 Å². The Kier molecular flexibility index (Phi) is 7.88. The van der Waals surface area contributed by atoms with Gasteiger partial charge in [0.2, 0.25) is 0 Å². The lowest BCUT2D eigenvalue weighted by atomic mass is 9.88. The highest BCUT2D eigenvalue weighted by molar-refractivity contribution is 5.25. The quantitative estimate of drug-likeness (QED) is 0.625. The van der Waals surface area contributed by atoms with Crippen molar-refractivity contribution in [1.82, 2.24) is 4.98 Å². The van der Waals surface area contributed by atoms with Gasteiger partial charge in [-0.2, -0.15) is 0 Å². The van der Waals surface area contributed by atoms with Crippen molar-refractivity contribution in [2.24, 2.45) is 5.92 Å². The number of aromatic nitrogens is 1. The molecule has 1 aliphatic carbocycles. The summed E-state index contributed by atoms with van der Waals surface area (Å²) in [5, 5.41) is 0. The molecular weight excluding hydrogens is 194 g/mol. The lowest BCUT2D eigenvalue weighted by molar-refractivity contribution is 0.493. The van der Waals surface area contributed by atoms with Crippen LogP contribution in [0.5, 0.6) is 0 Å². The molecule has 0 fully saturated rings. The molecule has 0 N–H and O–H groups in total. The summed E-state index contributed by atoms with van der Waals surface area (Å²) in [5.41, 5.74) is 3.97. The van der Waals surface area contributed by atoms with Gasteiger partial charge < -0.3 is 0 Å². The lowest BCUT2D eigenvalue weighted by Gasteiger charge is -2.20. The van der Waals surface area contributed by atoms with Crippen molar-refractivity contribution in [2.75, 3.05) is 0 Å². The van der Waals surface area contributed by atoms with Crippen molar-refractivity contribution in [3.8, 4) is 0 Å². The minimum absolute atomic E-state index is 0.849. The molecule has 0 radical (unpaired) electrons. The maximum absolute atomic E-state index is 4.55. The van der Waals surface area contributed by atoms with Gasteiger partial charge in [-0.15, -0.1) is 0 Å². The molecule has 1 atom stereocenters. The van der Waals surface area contributed by atoms with Gasteiger partial charge in [0.05, 0.1) is 0 Å². The molecule has 0 amide bonds. The highest BCUT2D eigenvalue weighted by atomic mass is 14.7. The van der Waals surface area contributed by atoms with Crippen LogP contribution in [0.1, 0.15) is 58.0 Å². The molecule has 16 heavy (non-hydrogen) atoms. The Bertz CT molecular complexity index is 291. The van der Waals surface area contributed by atoms with Crippen molar-refractivity contribution in [3.63, 3.8) is 0 Å². The molecule has 2 rings (SSSR count). The highest BCUT2D eigenvalue weighted by Crippen LogP contribution is 2.23. The Labute approximate surface area is 101 Å². The van der Waals surface area contributed by atoms with Gasteiger partial charge in [0.1, 0.15) is 0 Å².